The van der Waals surface area contributed by atoms with Crippen LogP contribution in [-0.2, 0) is 9.47 Å². The molecule has 2 aromatic rings. The van der Waals surface area contributed by atoms with Crippen molar-refractivity contribution in [2.24, 2.45) is 17.6 Å². The van der Waals surface area contributed by atoms with Crippen LogP contribution in [0, 0.1) is 11.8 Å². The summed E-state index contributed by atoms with van der Waals surface area (Å²) in [6, 6.07) is 14.4. The molecule has 1 saturated heterocycles. The second kappa shape index (κ2) is 9.94. The van der Waals surface area contributed by atoms with Crippen LogP contribution in [0.15, 0.2) is 42.5 Å². The van der Waals surface area contributed by atoms with Crippen molar-refractivity contribution in [3.05, 3.63) is 53.6 Å². The van der Waals surface area contributed by atoms with Crippen molar-refractivity contribution < 1.29 is 19.0 Å². The van der Waals surface area contributed by atoms with E-state index in [1.807, 2.05) is 19.1 Å². The number of fused-ring (bicyclic) bond motifs is 1. The zero-order valence-electron chi connectivity index (χ0n) is 21.0. The molecule has 0 radical (unpaired) electrons. The maximum absolute atomic E-state index is 12.3. The standard InChI is InChI=1S/C29H37N3O4/c1-18(20-4-5-20)35-29(33)31-22-8-6-21(7-9-22)28-27(30)25-11-10-24(36-23-12-14-34-15-13-23)16-26(25)32(28)17-19-2-3-19/h6-11,16,18-20,23,27-28H,2-5,12-15,17,30H2,1H3,(H,31,33). The summed E-state index contributed by atoms with van der Waals surface area (Å²) in [7, 11) is 0. The third-order valence-corrected chi connectivity index (χ3v) is 8.05. The molecule has 36 heavy (non-hydrogen) atoms. The van der Waals surface area contributed by atoms with Gasteiger partial charge in [0.25, 0.3) is 0 Å². The number of carbonyl (C=O) groups excluding carboxylic acids is 1. The number of nitrogens with one attached hydrogen (secondary N) is 1. The molecule has 0 spiro atoms. The van der Waals surface area contributed by atoms with Crippen molar-refractivity contribution in [1.29, 1.82) is 0 Å². The number of hydrogen-bond acceptors (Lipinski definition) is 6. The molecule has 7 nitrogen and oxygen atoms in total. The molecule has 3 fully saturated rings. The molecule has 192 valence electrons. The SMILES string of the molecule is CC(OC(=O)Nc1ccc(C2C(N)c3ccc(OC4CCOCC4)cc3N2CC2CC2)cc1)C1CC1. The van der Waals surface area contributed by atoms with Crippen LogP contribution in [-0.4, -0.2) is 38.1 Å². The number of ether oxygens (including phenoxy) is 3. The van der Waals surface area contributed by atoms with Crippen LogP contribution >= 0.6 is 0 Å². The molecule has 3 atom stereocenters. The molecule has 2 aromatic carbocycles. The predicted octanol–water partition coefficient (Wildman–Crippen LogP) is 5.56. The van der Waals surface area contributed by atoms with E-state index in [2.05, 4.69) is 40.5 Å². The minimum absolute atomic E-state index is 0.0319. The van der Waals surface area contributed by atoms with Gasteiger partial charge in [0, 0.05) is 36.8 Å². The Balaban J connectivity index is 1.18. The van der Waals surface area contributed by atoms with E-state index in [0.717, 1.165) is 68.4 Å². The Labute approximate surface area is 213 Å². The summed E-state index contributed by atoms with van der Waals surface area (Å²) in [4.78, 5) is 14.7. The van der Waals surface area contributed by atoms with E-state index in [1.165, 1.54) is 24.1 Å². The lowest BCUT2D eigenvalue weighted by Crippen LogP contribution is -2.31. The highest BCUT2D eigenvalue weighted by molar-refractivity contribution is 5.84. The molecule has 2 saturated carbocycles. The Hall–Kier alpha value is -2.77. The molecule has 2 heterocycles. The van der Waals surface area contributed by atoms with Crippen LogP contribution in [0.2, 0.25) is 0 Å². The van der Waals surface area contributed by atoms with Crippen LogP contribution < -0.4 is 20.7 Å². The number of rotatable bonds is 8. The molecular formula is C29H37N3O4. The number of anilines is 2. The Kier molecular flexibility index (Phi) is 6.52. The van der Waals surface area contributed by atoms with Gasteiger partial charge in [-0.05, 0) is 73.8 Å². The van der Waals surface area contributed by atoms with Gasteiger partial charge in [0.2, 0.25) is 0 Å². The highest BCUT2D eigenvalue weighted by Crippen LogP contribution is 2.49. The summed E-state index contributed by atoms with van der Waals surface area (Å²) < 4.78 is 17.3. The first-order chi connectivity index (χ1) is 17.5. The lowest BCUT2D eigenvalue weighted by atomic mass is 9.97. The Morgan fingerprint density at radius 2 is 1.83 bits per heavy atom. The summed E-state index contributed by atoms with van der Waals surface area (Å²) in [6.45, 7) is 4.49. The van der Waals surface area contributed by atoms with Crippen LogP contribution in [0.4, 0.5) is 16.2 Å². The van der Waals surface area contributed by atoms with E-state index in [4.69, 9.17) is 19.9 Å². The van der Waals surface area contributed by atoms with Crippen molar-refractivity contribution in [2.45, 2.75) is 69.7 Å². The van der Waals surface area contributed by atoms with Crippen LogP contribution in [0.25, 0.3) is 0 Å². The number of hydrogen-bond donors (Lipinski definition) is 2. The molecule has 4 aliphatic rings. The fraction of sp³-hybridized carbons (Fsp3) is 0.552. The molecule has 6 rings (SSSR count). The molecule has 1 amide bonds. The van der Waals surface area contributed by atoms with Crippen molar-refractivity contribution in [3.8, 4) is 5.75 Å². The van der Waals surface area contributed by atoms with Gasteiger partial charge in [0.05, 0.1) is 25.3 Å². The third kappa shape index (κ3) is 5.18. The van der Waals surface area contributed by atoms with Gasteiger partial charge in [-0.2, -0.15) is 0 Å². The quantitative estimate of drug-likeness (QED) is 0.503. The molecule has 3 unspecified atom stereocenters. The fourth-order valence-electron chi connectivity index (χ4n) is 5.55. The Morgan fingerprint density at radius 3 is 2.53 bits per heavy atom. The number of carbonyl (C=O) groups is 1. The number of nitrogens with two attached hydrogens (primary N) is 1. The first-order valence-electron chi connectivity index (χ1n) is 13.5. The Bertz CT molecular complexity index is 1080. The molecule has 0 bridgehead atoms. The van der Waals surface area contributed by atoms with Crippen LogP contribution in [0.5, 0.6) is 5.75 Å². The highest BCUT2D eigenvalue weighted by Gasteiger charge is 2.40. The summed E-state index contributed by atoms with van der Waals surface area (Å²) in [6.07, 6.45) is 6.49. The average molecular weight is 492 g/mol. The van der Waals surface area contributed by atoms with E-state index >= 15 is 0 Å². The average Bonchev–Trinajstić information content (AvgIpc) is 3.80. The predicted molar refractivity (Wildman–Crippen MR) is 139 cm³/mol. The highest BCUT2D eigenvalue weighted by atomic mass is 16.6. The zero-order valence-corrected chi connectivity index (χ0v) is 21.0. The first-order valence-corrected chi connectivity index (χ1v) is 13.5. The van der Waals surface area contributed by atoms with Gasteiger partial charge in [-0.15, -0.1) is 0 Å². The van der Waals surface area contributed by atoms with Gasteiger partial charge < -0.3 is 24.8 Å². The number of nitrogens with zero attached hydrogens (tertiary/aromatic N) is 1. The van der Waals surface area contributed by atoms with Crippen LogP contribution in [0.1, 0.15) is 68.7 Å². The number of benzene rings is 2. The Morgan fingerprint density at radius 1 is 1.08 bits per heavy atom. The second-order valence-corrected chi connectivity index (χ2v) is 10.9. The second-order valence-electron chi connectivity index (χ2n) is 10.9. The van der Waals surface area contributed by atoms with E-state index in [-0.39, 0.29) is 30.4 Å². The summed E-state index contributed by atoms with van der Waals surface area (Å²) in [5.74, 6) is 2.14. The van der Waals surface area contributed by atoms with Gasteiger partial charge in [0.1, 0.15) is 18.0 Å². The lowest BCUT2D eigenvalue weighted by Gasteiger charge is -2.30. The van der Waals surface area contributed by atoms with Gasteiger partial charge in [0.15, 0.2) is 0 Å². The topological polar surface area (TPSA) is 86.0 Å². The largest absolute Gasteiger partial charge is 0.490 e. The number of amides is 1. The molecule has 0 aromatic heterocycles. The maximum atomic E-state index is 12.3. The van der Waals surface area contributed by atoms with Crippen molar-refractivity contribution in [1.82, 2.24) is 0 Å². The lowest BCUT2D eigenvalue weighted by molar-refractivity contribution is 0.0256. The van der Waals surface area contributed by atoms with Crippen molar-refractivity contribution in [3.63, 3.8) is 0 Å². The summed E-state index contributed by atoms with van der Waals surface area (Å²) >= 11 is 0. The summed E-state index contributed by atoms with van der Waals surface area (Å²) in [5, 5.41) is 2.87. The van der Waals surface area contributed by atoms with E-state index in [1.54, 1.807) is 0 Å². The first kappa shape index (κ1) is 23.6. The fourth-order valence-corrected chi connectivity index (χ4v) is 5.55. The molecule has 7 heteroatoms. The van der Waals surface area contributed by atoms with Gasteiger partial charge in [-0.3, -0.25) is 5.32 Å². The molecule has 2 aliphatic heterocycles. The smallest absolute Gasteiger partial charge is 0.411 e. The third-order valence-electron chi connectivity index (χ3n) is 8.05. The zero-order chi connectivity index (χ0) is 24.6. The normalized spacial score (nSPS) is 24.8. The maximum Gasteiger partial charge on any atom is 0.411 e. The van der Waals surface area contributed by atoms with E-state index < -0.39 is 0 Å². The van der Waals surface area contributed by atoms with E-state index in [9.17, 15) is 4.79 Å². The minimum atomic E-state index is -0.389. The molecule has 2 aliphatic carbocycles. The van der Waals surface area contributed by atoms with Gasteiger partial charge in [-0.1, -0.05) is 18.2 Å². The van der Waals surface area contributed by atoms with Gasteiger partial charge >= 0.3 is 6.09 Å². The molecule has 3 N–H and O–H groups in total. The minimum Gasteiger partial charge on any atom is -0.490 e. The monoisotopic (exact) mass is 491 g/mol. The van der Waals surface area contributed by atoms with Gasteiger partial charge in [-0.25, -0.2) is 4.79 Å². The van der Waals surface area contributed by atoms with Crippen molar-refractivity contribution in [2.75, 3.05) is 30.0 Å². The van der Waals surface area contributed by atoms with Crippen molar-refractivity contribution >= 4 is 17.5 Å². The van der Waals surface area contributed by atoms with E-state index in [0.29, 0.717) is 5.92 Å². The van der Waals surface area contributed by atoms with Crippen LogP contribution in [0.3, 0.4) is 0 Å². The summed E-state index contributed by atoms with van der Waals surface area (Å²) in [5.41, 5.74) is 11.1. The molecular weight excluding hydrogens is 454 g/mol.